The van der Waals surface area contributed by atoms with Crippen LogP contribution in [0.1, 0.15) is 16.7 Å². The number of phenolic OH excluding ortho intramolecular Hbond substituents is 1. The number of nitrogens with zero attached hydrogens (tertiary/aromatic N) is 1. The zero-order chi connectivity index (χ0) is 10.7. The predicted octanol–water partition coefficient (Wildman–Crippen LogP) is 2.61. The third-order valence-corrected chi connectivity index (χ3v) is 2.82. The molecule has 0 atom stereocenters. The second kappa shape index (κ2) is 4.40. The van der Waals surface area contributed by atoms with E-state index in [4.69, 9.17) is 0 Å². The molecule has 1 rings (SSSR count). The van der Waals surface area contributed by atoms with Gasteiger partial charge in [0.1, 0.15) is 5.75 Å². The molecule has 74 valence electrons. The molecule has 0 amide bonds. The highest BCUT2D eigenvalue weighted by Crippen LogP contribution is 2.31. The van der Waals surface area contributed by atoms with Crippen LogP contribution in [0.5, 0.6) is 5.75 Å². The van der Waals surface area contributed by atoms with Crippen molar-refractivity contribution in [1.82, 2.24) is 0 Å². The van der Waals surface area contributed by atoms with Gasteiger partial charge in [0.15, 0.2) is 0 Å². The summed E-state index contributed by atoms with van der Waals surface area (Å²) in [5, 5.41) is 9.65. The zero-order valence-electron chi connectivity index (χ0n) is 7.97. The summed E-state index contributed by atoms with van der Waals surface area (Å²) in [7, 11) is 0. The Balaban J connectivity index is 3.28. The monoisotopic (exact) mass is 255 g/mol. The predicted molar refractivity (Wildman–Crippen MR) is 57.1 cm³/mol. The summed E-state index contributed by atoms with van der Waals surface area (Å²) in [4.78, 5) is 13.5. The first-order valence-electron chi connectivity index (χ1n) is 4.09. The molecule has 0 heterocycles. The number of aryl methyl sites for hydroxylation is 1. The number of phenols is 1. The molecule has 0 aromatic heterocycles. The average molecular weight is 256 g/mol. The van der Waals surface area contributed by atoms with Crippen molar-refractivity contribution in [3.63, 3.8) is 0 Å². The first kappa shape index (κ1) is 11.0. The lowest BCUT2D eigenvalue weighted by Crippen LogP contribution is -1.92. The van der Waals surface area contributed by atoms with Gasteiger partial charge in [0, 0.05) is 4.47 Å². The van der Waals surface area contributed by atoms with E-state index in [0.717, 1.165) is 21.2 Å². The summed E-state index contributed by atoms with van der Waals surface area (Å²) < 4.78 is 0.851. The molecule has 0 aliphatic carbocycles. The molecular weight excluding hydrogens is 246 g/mol. The van der Waals surface area contributed by atoms with Crippen LogP contribution in [0.4, 0.5) is 0 Å². The molecule has 0 fully saturated rings. The fourth-order valence-electron chi connectivity index (χ4n) is 1.27. The molecule has 3 nitrogen and oxygen atoms in total. The number of hydrogen-bond acceptors (Lipinski definition) is 3. The van der Waals surface area contributed by atoms with Crippen molar-refractivity contribution in [1.29, 1.82) is 0 Å². The van der Waals surface area contributed by atoms with Gasteiger partial charge in [-0.05, 0) is 36.6 Å². The fourth-order valence-corrected chi connectivity index (χ4v) is 2.03. The van der Waals surface area contributed by atoms with Gasteiger partial charge in [0.2, 0.25) is 6.08 Å². The van der Waals surface area contributed by atoms with Crippen LogP contribution in [0.3, 0.4) is 0 Å². The minimum Gasteiger partial charge on any atom is -0.507 e. The number of aliphatic imine (C=N–C) groups is 1. The SMILES string of the molecule is Cc1cc(Br)c(CN=C=O)c(C)c1O. The van der Waals surface area contributed by atoms with Gasteiger partial charge >= 0.3 is 0 Å². The van der Waals surface area contributed by atoms with Crippen LogP contribution in [0.25, 0.3) is 0 Å². The molecule has 0 bridgehead atoms. The maximum atomic E-state index is 9.98. The molecule has 0 aliphatic rings. The molecular formula is C10H10BrNO2. The standard InChI is InChI=1S/C10H10BrNO2/c1-6-3-9(11)8(4-12-5-13)7(2)10(6)14/h3,14H,4H2,1-2H3. The number of benzene rings is 1. The molecule has 0 saturated carbocycles. The van der Waals surface area contributed by atoms with Crippen molar-refractivity contribution < 1.29 is 9.90 Å². The maximum Gasteiger partial charge on any atom is 0.235 e. The van der Waals surface area contributed by atoms with Crippen molar-refractivity contribution in [2.45, 2.75) is 20.4 Å². The molecule has 1 aromatic carbocycles. The highest BCUT2D eigenvalue weighted by atomic mass is 79.9. The van der Waals surface area contributed by atoms with Crippen LogP contribution >= 0.6 is 15.9 Å². The largest absolute Gasteiger partial charge is 0.507 e. The third kappa shape index (κ3) is 2.03. The van der Waals surface area contributed by atoms with Gasteiger partial charge in [-0.25, -0.2) is 9.79 Å². The number of isocyanates is 1. The third-order valence-electron chi connectivity index (χ3n) is 2.11. The lowest BCUT2D eigenvalue weighted by Gasteiger charge is -2.09. The van der Waals surface area contributed by atoms with Crippen molar-refractivity contribution in [2.75, 3.05) is 0 Å². The normalized spacial score (nSPS) is 9.64. The highest BCUT2D eigenvalue weighted by Gasteiger charge is 2.10. The van der Waals surface area contributed by atoms with Gasteiger partial charge in [0.25, 0.3) is 0 Å². The number of aromatic hydroxyl groups is 1. The van der Waals surface area contributed by atoms with Crippen LogP contribution in [0.2, 0.25) is 0 Å². The van der Waals surface area contributed by atoms with Crippen molar-refractivity contribution in [3.8, 4) is 5.75 Å². The Hall–Kier alpha value is -1.12. The first-order valence-corrected chi connectivity index (χ1v) is 4.88. The van der Waals surface area contributed by atoms with Crippen molar-refractivity contribution in [3.05, 3.63) is 27.2 Å². The van der Waals surface area contributed by atoms with E-state index in [1.165, 1.54) is 6.08 Å². The lowest BCUT2D eigenvalue weighted by molar-refractivity contribution is 0.465. The van der Waals surface area contributed by atoms with Crippen molar-refractivity contribution >= 4 is 22.0 Å². The van der Waals surface area contributed by atoms with E-state index in [-0.39, 0.29) is 12.3 Å². The Bertz CT molecular complexity index is 409. The Kier molecular flexibility index (Phi) is 3.44. The van der Waals surface area contributed by atoms with Crippen LogP contribution in [0.15, 0.2) is 15.5 Å². The molecule has 1 N–H and O–H groups in total. The molecule has 0 spiro atoms. The molecule has 0 aliphatic heterocycles. The van der Waals surface area contributed by atoms with E-state index in [2.05, 4.69) is 20.9 Å². The van der Waals surface area contributed by atoms with Gasteiger partial charge in [-0.15, -0.1) is 0 Å². The van der Waals surface area contributed by atoms with Crippen molar-refractivity contribution in [2.24, 2.45) is 4.99 Å². The number of carbonyl (C=O) groups excluding carboxylic acids is 1. The van der Waals surface area contributed by atoms with Gasteiger partial charge in [-0.2, -0.15) is 0 Å². The second-order valence-electron chi connectivity index (χ2n) is 3.03. The topological polar surface area (TPSA) is 49.7 Å². The second-order valence-corrected chi connectivity index (χ2v) is 3.89. The average Bonchev–Trinajstić information content (AvgIpc) is 2.14. The fraction of sp³-hybridized carbons (Fsp3) is 0.300. The molecule has 0 radical (unpaired) electrons. The van der Waals surface area contributed by atoms with Gasteiger partial charge in [-0.1, -0.05) is 15.9 Å². The number of hydrogen-bond donors (Lipinski definition) is 1. The number of rotatable bonds is 2. The Morgan fingerprint density at radius 2 is 2.21 bits per heavy atom. The highest BCUT2D eigenvalue weighted by molar-refractivity contribution is 9.10. The van der Waals surface area contributed by atoms with E-state index in [1.807, 2.05) is 6.92 Å². The minimum atomic E-state index is 0.240. The van der Waals surface area contributed by atoms with E-state index in [0.29, 0.717) is 0 Å². The van der Waals surface area contributed by atoms with Crippen LogP contribution < -0.4 is 0 Å². The number of halogens is 1. The van der Waals surface area contributed by atoms with Gasteiger partial charge in [0.05, 0.1) is 6.54 Å². The van der Waals surface area contributed by atoms with Crippen LogP contribution in [0, 0.1) is 13.8 Å². The molecule has 0 unspecified atom stereocenters. The summed E-state index contributed by atoms with van der Waals surface area (Å²) in [6.45, 7) is 3.85. The molecule has 1 aromatic rings. The first-order chi connectivity index (χ1) is 6.57. The van der Waals surface area contributed by atoms with Crippen LogP contribution in [-0.4, -0.2) is 11.2 Å². The van der Waals surface area contributed by atoms with E-state index >= 15 is 0 Å². The van der Waals surface area contributed by atoms with E-state index in [9.17, 15) is 9.90 Å². The zero-order valence-corrected chi connectivity index (χ0v) is 9.55. The summed E-state index contributed by atoms with van der Waals surface area (Å²) in [5.74, 6) is 0.254. The Morgan fingerprint density at radius 1 is 1.57 bits per heavy atom. The molecule has 4 heteroatoms. The summed E-state index contributed by atoms with van der Waals surface area (Å²) in [6.07, 6.45) is 1.48. The molecule has 0 saturated heterocycles. The van der Waals surface area contributed by atoms with E-state index < -0.39 is 0 Å². The Labute approximate surface area is 90.6 Å². The summed E-state index contributed by atoms with van der Waals surface area (Å²) in [6, 6.07) is 1.80. The van der Waals surface area contributed by atoms with Crippen LogP contribution in [-0.2, 0) is 11.3 Å². The van der Waals surface area contributed by atoms with Gasteiger partial charge < -0.3 is 5.11 Å². The minimum absolute atomic E-state index is 0.240. The smallest absolute Gasteiger partial charge is 0.235 e. The van der Waals surface area contributed by atoms with Gasteiger partial charge in [-0.3, -0.25) is 0 Å². The summed E-state index contributed by atoms with van der Waals surface area (Å²) >= 11 is 3.36. The summed E-state index contributed by atoms with van der Waals surface area (Å²) in [5.41, 5.74) is 2.36. The maximum absolute atomic E-state index is 9.98. The quantitative estimate of drug-likeness (QED) is 0.653. The van der Waals surface area contributed by atoms with E-state index in [1.54, 1.807) is 13.0 Å². The Morgan fingerprint density at radius 3 is 2.79 bits per heavy atom. The molecule has 14 heavy (non-hydrogen) atoms. The lowest BCUT2D eigenvalue weighted by atomic mass is 10.0.